The Morgan fingerprint density at radius 1 is 0.979 bits per heavy atom. The number of carbonyl (C=O) groups is 3. The van der Waals surface area contributed by atoms with Gasteiger partial charge in [0.2, 0.25) is 5.60 Å². The highest BCUT2D eigenvalue weighted by atomic mass is 16.6. The molecule has 0 radical (unpaired) electrons. The van der Waals surface area contributed by atoms with Gasteiger partial charge in [0.05, 0.1) is 41.9 Å². The topological polar surface area (TPSA) is 120 Å². The number of fused-ring (bicyclic) bond motifs is 7. The van der Waals surface area contributed by atoms with E-state index in [9.17, 15) is 19.2 Å². The number of aryl methyl sites for hydroxylation is 1. The van der Waals surface area contributed by atoms with Gasteiger partial charge in [0.15, 0.2) is 0 Å². The van der Waals surface area contributed by atoms with Gasteiger partial charge in [-0.2, -0.15) is 0 Å². The molecule has 2 aromatic heterocycles. The van der Waals surface area contributed by atoms with Crippen molar-refractivity contribution in [2.75, 3.05) is 37.6 Å². The number of anilines is 1. The molecule has 0 bridgehead atoms. The summed E-state index contributed by atoms with van der Waals surface area (Å²) in [6.07, 6.45) is 1.05. The van der Waals surface area contributed by atoms with Gasteiger partial charge in [-0.15, -0.1) is 0 Å². The minimum atomic E-state index is -1.74. The lowest BCUT2D eigenvalue weighted by atomic mass is 9.85. The molecule has 11 heteroatoms. The van der Waals surface area contributed by atoms with Crippen molar-refractivity contribution < 1.29 is 28.6 Å². The molecule has 2 aromatic carbocycles. The van der Waals surface area contributed by atoms with Gasteiger partial charge in [0.25, 0.3) is 5.56 Å². The summed E-state index contributed by atoms with van der Waals surface area (Å²) < 4.78 is 18.7. The number of piperazine rings is 1. The fraction of sp³-hybridized carbons (Fsp3) is 0.378. The van der Waals surface area contributed by atoms with Crippen molar-refractivity contribution in [3.63, 3.8) is 0 Å². The van der Waals surface area contributed by atoms with Crippen LogP contribution in [0.1, 0.15) is 54.5 Å². The summed E-state index contributed by atoms with van der Waals surface area (Å²) in [5.41, 5.74) is 4.47. The zero-order chi connectivity index (χ0) is 33.2. The Balaban J connectivity index is 1.09. The van der Waals surface area contributed by atoms with Gasteiger partial charge in [-0.1, -0.05) is 32.0 Å². The van der Waals surface area contributed by atoms with E-state index in [1.54, 1.807) is 23.6 Å². The van der Waals surface area contributed by atoms with Gasteiger partial charge in [0, 0.05) is 60.5 Å². The van der Waals surface area contributed by atoms with Crippen LogP contribution in [0.5, 0.6) is 5.75 Å². The summed E-state index contributed by atoms with van der Waals surface area (Å²) in [5.74, 6) is -0.943. The first-order valence-corrected chi connectivity index (χ1v) is 16.7. The summed E-state index contributed by atoms with van der Waals surface area (Å²) in [7, 11) is 0. The van der Waals surface area contributed by atoms with Crippen LogP contribution in [0.4, 0.5) is 5.69 Å². The van der Waals surface area contributed by atoms with Crippen LogP contribution in [0.15, 0.2) is 53.3 Å². The van der Waals surface area contributed by atoms with E-state index >= 15 is 0 Å². The molecule has 4 aliphatic heterocycles. The van der Waals surface area contributed by atoms with Crippen LogP contribution in [0, 0.1) is 0 Å². The third kappa shape index (κ3) is 4.70. The van der Waals surface area contributed by atoms with Crippen LogP contribution in [0.2, 0.25) is 0 Å². The Bertz CT molecular complexity index is 2070. The number of para-hydroxylation sites is 1. The Morgan fingerprint density at radius 2 is 1.77 bits per heavy atom. The number of pyridine rings is 2. The van der Waals surface area contributed by atoms with Gasteiger partial charge < -0.3 is 23.7 Å². The van der Waals surface area contributed by atoms with Crippen molar-refractivity contribution in [3.8, 4) is 17.1 Å². The molecular formula is C37H36N4O7. The second-order valence-corrected chi connectivity index (χ2v) is 12.8. The molecule has 0 spiro atoms. The van der Waals surface area contributed by atoms with Gasteiger partial charge in [-0.05, 0) is 48.7 Å². The zero-order valence-electron chi connectivity index (χ0n) is 27.0. The Kier molecular flexibility index (Phi) is 7.32. The lowest BCUT2D eigenvalue weighted by Gasteiger charge is -2.37. The fourth-order valence-corrected chi connectivity index (χ4v) is 7.81. The van der Waals surface area contributed by atoms with Crippen molar-refractivity contribution >= 4 is 34.5 Å². The van der Waals surface area contributed by atoms with E-state index in [0.29, 0.717) is 53.3 Å². The van der Waals surface area contributed by atoms with E-state index in [1.807, 2.05) is 31.2 Å². The second kappa shape index (κ2) is 11.6. The maximum atomic E-state index is 14.1. The molecule has 8 rings (SSSR count). The molecule has 246 valence electrons. The highest BCUT2D eigenvalue weighted by Gasteiger charge is 2.50. The summed E-state index contributed by atoms with van der Waals surface area (Å²) in [6.45, 7) is 7.72. The Hall–Kier alpha value is -5.03. The van der Waals surface area contributed by atoms with Crippen LogP contribution in [-0.4, -0.2) is 65.1 Å². The molecule has 0 aliphatic carbocycles. The van der Waals surface area contributed by atoms with Gasteiger partial charge >= 0.3 is 17.9 Å². The fourth-order valence-electron chi connectivity index (χ4n) is 7.81. The van der Waals surface area contributed by atoms with Crippen molar-refractivity contribution in [2.45, 2.75) is 58.3 Å². The SMILES string of the molecule is CCc1c2c(nc3ccc4c(c13)CC(=O)O4)-c1cc3c(c(=O)n1C2)COC(=O)[C@@]3(CC)OC(=O)CCN1CCN(c2ccccc2)CC1. The van der Waals surface area contributed by atoms with Gasteiger partial charge in [-0.25, -0.2) is 9.78 Å². The van der Waals surface area contributed by atoms with E-state index in [0.717, 1.165) is 48.3 Å². The predicted molar refractivity (Wildman–Crippen MR) is 177 cm³/mol. The smallest absolute Gasteiger partial charge is 0.355 e. The predicted octanol–water partition coefficient (Wildman–Crippen LogP) is 3.87. The Labute approximate surface area is 277 Å². The summed E-state index contributed by atoms with van der Waals surface area (Å²) in [6, 6.07) is 15.7. The van der Waals surface area contributed by atoms with Crippen LogP contribution >= 0.6 is 0 Å². The van der Waals surface area contributed by atoms with Crippen molar-refractivity contribution in [2.24, 2.45) is 0 Å². The minimum Gasteiger partial charge on any atom is -0.457 e. The monoisotopic (exact) mass is 648 g/mol. The third-order valence-electron chi connectivity index (χ3n) is 10.3. The highest BCUT2D eigenvalue weighted by Crippen LogP contribution is 2.44. The number of ether oxygens (including phenoxy) is 3. The first kappa shape index (κ1) is 30.3. The van der Waals surface area contributed by atoms with Crippen LogP contribution in [-0.2, 0) is 55.5 Å². The lowest BCUT2D eigenvalue weighted by Crippen LogP contribution is -2.49. The van der Waals surface area contributed by atoms with E-state index < -0.39 is 17.5 Å². The lowest BCUT2D eigenvalue weighted by molar-refractivity contribution is -0.189. The number of carbonyl (C=O) groups excluding carboxylic acids is 3. The molecule has 1 fully saturated rings. The number of esters is 3. The molecule has 11 nitrogen and oxygen atoms in total. The number of benzene rings is 2. The Morgan fingerprint density at radius 3 is 2.52 bits per heavy atom. The molecule has 4 aromatic rings. The first-order chi connectivity index (χ1) is 23.3. The maximum Gasteiger partial charge on any atom is 0.355 e. The molecular weight excluding hydrogens is 612 g/mol. The average molecular weight is 649 g/mol. The molecule has 0 saturated carbocycles. The van der Waals surface area contributed by atoms with Crippen molar-refractivity contribution in [1.82, 2.24) is 14.5 Å². The van der Waals surface area contributed by atoms with E-state index in [2.05, 4.69) is 21.9 Å². The number of hydrogen-bond acceptors (Lipinski definition) is 10. The maximum absolute atomic E-state index is 14.1. The standard InChI is InChI=1S/C37H36N4O7/c1-3-23-25-20-41-29(34(25)38-28-10-11-30-24(33(23)28)18-32(43)47-30)19-27-26(35(41)44)21-46-36(45)37(27,4-2)48-31(42)12-13-39-14-16-40(17-15-39)22-8-6-5-7-9-22/h5-11,19H,3-4,12-18,20-21H2,1-2H3/t37-/m0/s1. The summed E-state index contributed by atoms with van der Waals surface area (Å²) in [4.78, 5) is 62.7. The van der Waals surface area contributed by atoms with E-state index in [1.165, 1.54) is 5.69 Å². The van der Waals surface area contributed by atoms with E-state index in [4.69, 9.17) is 19.2 Å². The molecule has 6 heterocycles. The van der Waals surface area contributed by atoms with Gasteiger partial charge in [0.1, 0.15) is 12.4 Å². The summed E-state index contributed by atoms with van der Waals surface area (Å²) >= 11 is 0. The van der Waals surface area contributed by atoms with Crippen LogP contribution in [0.25, 0.3) is 22.3 Å². The number of hydrogen-bond donors (Lipinski definition) is 0. The third-order valence-corrected chi connectivity index (χ3v) is 10.3. The molecule has 1 saturated heterocycles. The normalized spacial score (nSPS) is 19.8. The zero-order valence-corrected chi connectivity index (χ0v) is 27.0. The van der Waals surface area contributed by atoms with Crippen LogP contribution in [0.3, 0.4) is 0 Å². The number of nitrogens with zero attached hydrogens (tertiary/aromatic N) is 4. The number of aromatic nitrogens is 2. The number of cyclic esters (lactones) is 1. The molecule has 1 atom stereocenters. The van der Waals surface area contributed by atoms with E-state index in [-0.39, 0.29) is 37.4 Å². The largest absolute Gasteiger partial charge is 0.457 e. The minimum absolute atomic E-state index is 0.104. The highest BCUT2D eigenvalue weighted by molar-refractivity contribution is 5.97. The van der Waals surface area contributed by atoms with Crippen molar-refractivity contribution in [1.29, 1.82) is 0 Å². The summed E-state index contributed by atoms with van der Waals surface area (Å²) in [5, 5.41) is 0.891. The first-order valence-electron chi connectivity index (χ1n) is 16.7. The van der Waals surface area contributed by atoms with Gasteiger partial charge in [-0.3, -0.25) is 19.3 Å². The van der Waals surface area contributed by atoms with Crippen LogP contribution < -0.4 is 15.2 Å². The average Bonchev–Trinajstić information content (AvgIpc) is 3.68. The molecule has 0 N–H and O–H groups in total. The number of rotatable bonds is 7. The second-order valence-electron chi connectivity index (χ2n) is 12.8. The van der Waals surface area contributed by atoms with Crippen molar-refractivity contribution in [3.05, 3.63) is 86.7 Å². The quantitative estimate of drug-likeness (QED) is 0.190. The molecule has 0 amide bonds. The molecule has 0 unspecified atom stereocenters. The molecule has 48 heavy (non-hydrogen) atoms. The molecule has 4 aliphatic rings.